The number of hydrogen-bond donors (Lipinski definition) is 0. The van der Waals surface area contributed by atoms with Gasteiger partial charge in [-0.3, -0.25) is 0 Å². The Balaban J connectivity index is 2.24. The summed E-state index contributed by atoms with van der Waals surface area (Å²) in [6.07, 6.45) is 1.08. The summed E-state index contributed by atoms with van der Waals surface area (Å²) in [5.74, 6) is -1.17. The summed E-state index contributed by atoms with van der Waals surface area (Å²) in [5, 5.41) is 9.16. The molecule has 2 aromatic rings. The summed E-state index contributed by atoms with van der Waals surface area (Å²) in [6.45, 7) is 0.920. The number of halogens is 1. The Hall–Kier alpha value is -2.22. The fourth-order valence-electron chi connectivity index (χ4n) is 3.14. The van der Waals surface area contributed by atoms with Gasteiger partial charge in [-0.2, -0.15) is 5.26 Å². The van der Waals surface area contributed by atoms with Crippen LogP contribution in [0.5, 0.6) is 0 Å². The first-order valence-electron chi connectivity index (χ1n) is 9.81. The maximum absolute atomic E-state index is 14.1. The van der Waals surface area contributed by atoms with Crippen molar-refractivity contribution in [1.82, 2.24) is 4.90 Å². The van der Waals surface area contributed by atoms with E-state index in [-0.39, 0.29) is 12.2 Å². The van der Waals surface area contributed by atoms with Gasteiger partial charge < -0.3 is 9.64 Å². The van der Waals surface area contributed by atoms with E-state index in [1.165, 1.54) is 0 Å². The highest BCUT2D eigenvalue weighted by atomic mass is 19.1. The topological polar surface area (TPSA) is 36.3 Å². The average molecular weight is 328 g/mol. The number of fused-ring (bicyclic) bond motifs is 1. The van der Waals surface area contributed by atoms with Gasteiger partial charge in [0, 0.05) is 0 Å². The van der Waals surface area contributed by atoms with E-state index >= 15 is 0 Å². The molecule has 4 heteroatoms. The third-order valence-corrected chi connectivity index (χ3v) is 4.28. The summed E-state index contributed by atoms with van der Waals surface area (Å²) < 4.78 is 52.7. The second-order valence-electron chi connectivity index (χ2n) is 6.20. The molecule has 0 fully saturated rings. The molecule has 0 aromatic heterocycles. The Morgan fingerprint density at radius 1 is 1.33 bits per heavy atom. The zero-order chi connectivity index (χ0) is 20.6. The first-order chi connectivity index (χ1) is 13.2. The third kappa shape index (κ3) is 3.06. The van der Waals surface area contributed by atoms with Crippen LogP contribution < -0.4 is 0 Å². The Labute approximate surface area is 147 Å². The van der Waals surface area contributed by atoms with E-state index in [0.717, 1.165) is 12.1 Å². The van der Waals surface area contributed by atoms with Crippen LogP contribution >= 0.6 is 0 Å². The van der Waals surface area contributed by atoms with Crippen LogP contribution in [0.4, 0.5) is 4.39 Å². The normalized spacial score (nSPS) is 21.6. The van der Waals surface area contributed by atoms with Gasteiger partial charge in [-0.25, -0.2) is 4.39 Å². The van der Waals surface area contributed by atoms with Crippen molar-refractivity contribution in [3.8, 4) is 6.07 Å². The highest BCUT2D eigenvalue weighted by Crippen LogP contribution is 2.45. The molecule has 24 heavy (non-hydrogen) atoms. The first-order valence-corrected chi connectivity index (χ1v) is 7.81. The predicted octanol–water partition coefficient (Wildman–Crippen LogP) is 3.81. The van der Waals surface area contributed by atoms with Crippen LogP contribution in [-0.2, 0) is 16.9 Å². The molecule has 3 rings (SSSR count). The van der Waals surface area contributed by atoms with Gasteiger partial charge in [-0.15, -0.1) is 0 Å². The fourth-order valence-corrected chi connectivity index (χ4v) is 3.14. The lowest BCUT2D eigenvalue weighted by atomic mass is 9.81. The smallest absolute Gasteiger partial charge is 0.123 e. The standard InChI is InChI=1S/C20H21FN2O/c1-23(2)11-3-10-20(17-5-7-18(21)8-6-17)19-9-4-15(13-22)12-16(19)14-24-20/h4-9,12H,3,10-11,14H2,1-2H3/t20-/m0/s1/i5D,6D,7D,8D. The van der Waals surface area contributed by atoms with Gasteiger partial charge >= 0.3 is 0 Å². The number of nitrogens with zero attached hydrogens (tertiary/aromatic N) is 2. The average Bonchev–Trinajstić information content (AvgIpc) is 3.03. The number of benzene rings is 2. The van der Waals surface area contributed by atoms with Gasteiger partial charge in [0.15, 0.2) is 0 Å². The zero-order valence-corrected chi connectivity index (χ0v) is 13.7. The molecule has 3 nitrogen and oxygen atoms in total. The summed E-state index contributed by atoms with van der Waals surface area (Å²) in [7, 11) is 3.87. The fraction of sp³-hybridized carbons (Fsp3) is 0.350. The van der Waals surface area contributed by atoms with Gasteiger partial charge in [0.1, 0.15) is 11.4 Å². The molecular weight excluding hydrogens is 303 g/mol. The molecule has 1 aliphatic rings. The van der Waals surface area contributed by atoms with E-state index in [0.29, 0.717) is 24.0 Å². The quantitative estimate of drug-likeness (QED) is 0.837. The summed E-state index contributed by atoms with van der Waals surface area (Å²) in [4.78, 5) is 2.00. The Kier molecular flexibility index (Phi) is 3.41. The Bertz CT molecular complexity index is 945. The zero-order valence-electron chi connectivity index (χ0n) is 17.7. The minimum Gasteiger partial charge on any atom is -0.361 e. The van der Waals surface area contributed by atoms with Crippen molar-refractivity contribution in [2.45, 2.75) is 25.0 Å². The SMILES string of the molecule is [2H]c1c([2H])c([C@]2(CCCN(C)C)OCc3cc(C#N)ccc32)c([2H])c([2H])c1F. The molecule has 2 aromatic carbocycles. The van der Waals surface area contributed by atoms with Gasteiger partial charge in [-0.1, -0.05) is 18.2 Å². The molecule has 1 atom stereocenters. The predicted molar refractivity (Wildman–Crippen MR) is 90.9 cm³/mol. The molecule has 0 aliphatic carbocycles. The van der Waals surface area contributed by atoms with Crippen molar-refractivity contribution < 1.29 is 14.6 Å². The second kappa shape index (κ2) is 6.72. The van der Waals surface area contributed by atoms with Crippen molar-refractivity contribution in [3.05, 3.63) is 70.4 Å². The maximum atomic E-state index is 14.1. The first kappa shape index (κ1) is 12.2. The third-order valence-electron chi connectivity index (χ3n) is 4.28. The minimum atomic E-state index is -1.22. The maximum Gasteiger partial charge on any atom is 0.123 e. The minimum absolute atomic E-state index is 0.0473. The molecule has 1 aliphatic heterocycles. The van der Waals surface area contributed by atoms with E-state index in [1.807, 2.05) is 19.0 Å². The molecule has 0 saturated carbocycles. The molecule has 0 radical (unpaired) electrons. The summed E-state index contributed by atoms with van der Waals surface area (Å²) in [5.41, 5.74) is 0.784. The van der Waals surface area contributed by atoms with E-state index in [1.54, 1.807) is 18.2 Å². The summed E-state index contributed by atoms with van der Waals surface area (Å²) in [6, 6.07) is 4.92. The van der Waals surface area contributed by atoms with E-state index in [9.17, 15) is 4.39 Å². The van der Waals surface area contributed by atoms with Gasteiger partial charge in [0.2, 0.25) is 0 Å². The highest BCUT2D eigenvalue weighted by molar-refractivity contribution is 5.47. The molecule has 0 bridgehead atoms. The van der Waals surface area contributed by atoms with Gasteiger partial charge in [-0.05, 0) is 74.4 Å². The Morgan fingerprint density at radius 2 is 2.08 bits per heavy atom. The summed E-state index contributed by atoms with van der Waals surface area (Å²) >= 11 is 0. The molecule has 124 valence electrons. The van der Waals surface area contributed by atoms with Crippen LogP contribution in [-0.4, -0.2) is 25.5 Å². The van der Waals surface area contributed by atoms with Crippen LogP contribution in [0.1, 0.15) is 40.6 Å². The molecule has 0 amide bonds. The molecule has 0 saturated heterocycles. The second-order valence-corrected chi connectivity index (χ2v) is 6.20. The number of ether oxygens (including phenoxy) is 1. The van der Waals surface area contributed by atoms with Crippen molar-refractivity contribution in [1.29, 1.82) is 5.26 Å². The number of nitriles is 1. The monoisotopic (exact) mass is 328 g/mol. The van der Waals surface area contributed by atoms with E-state index < -0.39 is 35.6 Å². The lowest BCUT2D eigenvalue weighted by Crippen LogP contribution is -2.28. The molecule has 1 heterocycles. The number of rotatable bonds is 5. The highest BCUT2D eigenvalue weighted by Gasteiger charge is 2.41. The lowest BCUT2D eigenvalue weighted by molar-refractivity contribution is -0.0140. The molecular formula is C20H21FN2O. The van der Waals surface area contributed by atoms with Crippen molar-refractivity contribution >= 4 is 0 Å². The van der Waals surface area contributed by atoms with Crippen LogP contribution in [0.2, 0.25) is 0 Å². The largest absolute Gasteiger partial charge is 0.361 e. The van der Waals surface area contributed by atoms with Gasteiger partial charge in [0.05, 0.1) is 23.7 Å². The van der Waals surface area contributed by atoms with Crippen LogP contribution in [0.25, 0.3) is 0 Å². The van der Waals surface area contributed by atoms with E-state index in [2.05, 4.69) is 6.07 Å². The molecule has 0 N–H and O–H groups in total. The van der Waals surface area contributed by atoms with Crippen molar-refractivity contribution in [3.63, 3.8) is 0 Å². The van der Waals surface area contributed by atoms with Crippen LogP contribution in [0.3, 0.4) is 0 Å². The van der Waals surface area contributed by atoms with Crippen LogP contribution in [0.15, 0.2) is 42.4 Å². The van der Waals surface area contributed by atoms with Crippen molar-refractivity contribution in [2.24, 2.45) is 0 Å². The molecule has 0 unspecified atom stereocenters. The van der Waals surface area contributed by atoms with Crippen molar-refractivity contribution in [2.75, 3.05) is 20.6 Å². The van der Waals surface area contributed by atoms with Crippen LogP contribution in [0, 0.1) is 17.1 Å². The van der Waals surface area contributed by atoms with Gasteiger partial charge in [0.25, 0.3) is 0 Å². The number of hydrogen-bond acceptors (Lipinski definition) is 3. The Morgan fingerprint density at radius 3 is 2.75 bits per heavy atom. The molecule has 0 spiro atoms. The lowest BCUT2D eigenvalue weighted by Gasteiger charge is -2.31. The van der Waals surface area contributed by atoms with E-state index in [4.69, 9.17) is 15.5 Å².